The Morgan fingerprint density at radius 2 is 2.25 bits per heavy atom. The summed E-state index contributed by atoms with van der Waals surface area (Å²) in [6.07, 6.45) is 1.32. The molecule has 0 atom stereocenters. The third kappa shape index (κ3) is 3.59. The van der Waals surface area contributed by atoms with Crippen LogP contribution in [0.15, 0.2) is 12.1 Å². The Labute approximate surface area is 96.1 Å². The molecule has 0 aromatic carbocycles. The van der Waals surface area contributed by atoms with E-state index in [-0.39, 0.29) is 17.5 Å². The van der Waals surface area contributed by atoms with E-state index < -0.39 is 4.92 Å². The highest BCUT2D eigenvalue weighted by molar-refractivity contribution is 7.17. The molecule has 0 saturated carbocycles. The maximum absolute atomic E-state index is 11.5. The van der Waals surface area contributed by atoms with Gasteiger partial charge in [0.2, 0.25) is 0 Å². The third-order valence-corrected chi connectivity index (χ3v) is 2.90. The van der Waals surface area contributed by atoms with Crippen LogP contribution in [0.5, 0.6) is 0 Å². The second-order valence-corrected chi connectivity index (χ2v) is 4.14. The molecule has 16 heavy (non-hydrogen) atoms. The van der Waals surface area contributed by atoms with Crippen molar-refractivity contribution in [2.24, 2.45) is 0 Å². The van der Waals surface area contributed by atoms with Gasteiger partial charge in [0, 0.05) is 19.2 Å². The van der Waals surface area contributed by atoms with Crippen LogP contribution in [-0.4, -0.2) is 29.1 Å². The van der Waals surface area contributed by atoms with Gasteiger partial charge in [-0.05, 0) is 18.9 Å². The molecule has 0 spiro atoms. The molecule has 0 saturated heterocycles. The van der Waals surface area contributed by atoms with Crippen LogP contribution < -0.4 is 5.32 Å². The van der Waals surface area contributed by atoms with E-state index in [0.29, 0.717) is 24.3 Å². The number of nitrogens with zero attached hydrogens (tertiary/aromatic N) is 1. The molecule has 1 aromatic rings. The first-order chi connectivity index (χ1) is 7.65. The number of aliphatic hydroxyl groups is 1. The molecule has 0 aliphatic carbocycles. The highest BCUT2D eigenvalue weighted by atomic mass is 32.1. The molecule has 1 heterocycles. The summed E-state index contributed by atoms with van der Waals surface area (Å²) in [5, 5.41) is 21.5. The number of hydrogen-bond acceptors (Lipinski definition) is 5. The number of rotatable bonds is 6. The van der Waals surface area contributed by atoms with Crippen molar-refractivity contribution in [1.29, 1.82) is 0 Å². The molecule has 0 fully saturated rings. The van der Waals surface area contributed by atoms with Crippen molar-refractivity contribution in [2.45, 2.75) is 12.8 Å². The van der Waals surface area contributed by atoms with E-state index in [1.54, 1.807) is 0 Å². The van der Waals surface area contributed by atoms with Crippen LogP contribution in [0.2, 0.25) is 0 Å². The lowest BCUT2D eigenvalue weighted by molar-refractivity contribution is -0.380. The van der Waals surface area contributed by atoms with Gasteiger partial charge in [-0.3, -0.25) is 14.9 Å². The molecule has 1 aromatic heterocycles. The second-order valence-electron chi connectivity index (χ2n) is 3.08. The van der Waals surface area contributed by atoms with E-state index in [9.17, 15) is 14.9 Å². The zero-order valence-electron chi connectivity index (χ0n) is 8.51. The molecule has 0 unspecified atom stereocenters. The number of amides is 1. The van der Waals surface area contributed by atoms with Gasteiger partial charge in [-0.25, -0.2) is 0 Å². The van der Waals surface area contributed by atoms with Crippen molar-refractivity contribution in [3.63, 3.8) is 0 Å². The minimum Gasteiger partial charge on any atom is -0.396 e. The maximum atomic E-state index is 11.5. The van der Waals surface area contributed by atoms with Crippen molar-refractivity contribution in [2.75, 3.05) is 13.2 Å². The van der Waals surface area contributed by atoms with E-state index in [4.69, 9.17) is 5.11 Å². The van der Waals surface area contributed by atoms with Crippen LogP contribution in [0.4, 0.5) is 5.00 Å². The highest BCUT2D eigenvalue weighted by Crippen LogP contribution is 2.23. The molecule has 2 N–H and O–H groups in total. The minimum absolute atomic E-state index is 0.0412. The summed E-state index contributed by atoms with van der Waals surface area (Å²) in [4.78, 5) is 21.7. The van der Waals surface area contributed by atoms with Gasteiger partial charge < -0.3 is 10.4 Å². The molecular weight excluding hydrogens is 232 g/mol. The summed E-state index contributed by atoms with van der Waals surface area (Å²) in [5.74, 6) is -0.309. The maximum Gasteiger partial charge on any atom is 0.324 e. The molecule has 1 rings (SSSR count). The van der Waals surface area contributed by atoms with Crippen molar-refractivity contribution >= 4 is 22.2 Å². The predicted molar refractivity (Wildman–Crippen MR) is 59.6 cm³/mol. The fraction of sp³-hybridized carbons (Fsp3) is 0.444. The quantitative estimate of drug-likeness (QED) is 0.446. The van der Waals surface area contributed by atoms with E-state index in [2.05, 4.69) is 5.32 Å². The van der Waals surface area contributed by atoms with Crippen molar-refractivity contribution in [3.8, 4) is 0 Å². The Bertz CT molecular complexity index is 377. The SMILES string of the molecule is O=C(NCCCCO)c1ccc([N+](=O)[O-])s1. The Morgan fingerprint density at radius 3 is 2.81 bits per heavy atom. The van der Waals surface area contributed by atoms with Gasteiger partial charge in [-0.2, -0.15) is 0 Å². The number of unbranched alkanes of at least 4 members (excludes halogenated alkanes) is 1. The molecular formula is C9H12N2O4S. The largest absolute Gasteiger partial charge is 0.396 e. The van der Waals surface area contributed by atoms with Gasteiger partial charge in [0.05, 0.1) is 9.80 Å². The lowest BCUT2D eigenvalue weighted by Crippen LogP contribution is -2.23. The number of carbonyl (C=O) groups excluding carboxylic acids is 1. The van der Waals surface area contributed by atoms with Crippen molar-refractivity contribution in [1.82, 2.24) is 5.32 Å². The number of thiophene rings is 1. The van der Waals surface area contributed by atoms with Gasteiger partial charge in [0.25, 0.3) is 5.91 Å². The summed E-state index contributed by atoms with van der Waals surface area (Å²) in [5.41, 5.74) is 0. The highest BCUT2D eigenvalue weighted by Gasteiger charge is 2.14. The fourth-order valence-electron chi connectivity index (χ4n) is 1.07. The van der Waals surface area contributed by atoms with E-state index in [1.165, 1.54) is 12.1 Å². The Balaban J connectivity index is 2.43. The van der Waals surface area contributed by atoms with Gasteiger partial charge in [-0.15, -0.1) is 0 Å². The molecule has 6 nitrogen and oxygen atoms in total. The van der Waals surface area contributed by atoms with Crippen LogP contribution >= 0.6 is 11.3 Å². The Kier molecular flexibility index (Phi) is 4.87. The lowest BCUT2D eigenvalue weighted by Gasteiger charge is -2.01. The number of nitro groups is 1. The molecule has 7 heteroatoms. The third-order valence-electron chi connectivity index (χ3n) is 1.87. The smallest absolute Gasteiger partial charge is 0.324 e. The summed E-state index contributed by atoms with van der Waals surface area (Å²) in [6, 6.07) is 2.75. The predicted octanol–water partition coefficient (Wildman–Crippen LogP) is 1.16. The molecule has 0 bridgehead atoms. The number of carbonyl (C=O) groups is 1. The van der Waals surface area contributed by atoms with Crippen molar-refractivity contribution < 1.29 is 14.8 Å². The minimum atomic E-state index is -0.521. The monoisotopic (exact) mass is 244 g/mol. The van der Waals surface area contributed by atoms with Gasteiger partial charge >= 0.3 is 5.00 Å². The summed E-state index contributed by atoms with van der Waals surface area (Å²) >= 11 is 0.852. The van der Waals surface area contributed by atoms with E-state index in [1.807, 2.05) is 0 Å². The van der Waals surface area contributed by atoms with E-state index >= 15 is 0 Å². The zero-order chi connectivity index (χ0) is 12.0. The van der Waals surface area contributed by atoms with Gasteiger partial charge in [0.15, 0.2) is 0 Å². The summed E-state index contributed by atoms with van der Waals surface area (Å²) in [7, 11) is 0. The standard InChI is InChI=1S/C9H12N2O4S/c12-6-2-1-5-10-9(13)7-3-4-8(16-7)11(14)15/h3-4,12H,1-2,5-6H2,(H,10,13). The van der Waals surface area contributed by atoms with Crippen LogP contribution in [0.25, 0.3) is 0 Å². The summed E-state index contributed by atoms with van der Waals surface area (Å²) in [6.45, 7) is 0.561. The summed E-state index contributed by atoms with van der Waals surface area (Å²) < 4.78 is 0. The molecule has 88 valence electrons. The van der Waals surface area contributed by atoms with Crippen LogP contribution in [-0.2, 0) is 0 Å². The molecule has 0 radical (unpaired) electrons. The average Bonchev–Trinajstić information content (AvgIpc) is 2.73. The van der Waals surface area contributed by atoms with Crippen LogP contribution in [0, 0.1) is 10.1 Å². The average molecular weight is 244 g/mol. The second kappa shape index (κ2) is 6.19. The number of aliphatic hydroxyl groups excluding tert-OH is 1. The molecule has 1 amide bonds. The van der Waals surface area contributed by atoms with E-state index in [0.717, 1.165) is 11.3 Å². The Morgan fingerprint density at radius 1 is 1.50 bits per heavy atom. The first kappa shape index (κ1) is 12.6. The van der Waals surface area contributed by atoms with Crippen molar-refractivity contribution in [3.05, 3.63) is 27.1 Å². The Hall–Kier alpha value is -1.47. The number of nitrogens with one attached hydrogen (secondary N) is 1. The zero-order valence-corrected chi connectivity index (χ0v) is 9.33. The first-order valence-electron chi connectivity index (χ1n) is 4.78. The normalized spacial score (nSPS) is 10.1. The lowest BCUT2D eigenvalue weighted by atomic mass is 10.3. The van der Waals surface area contributed by atoms with Gasteiger partial charge in [0.1, 0.15) is 0 Å². The van der Waals surface area contributed by atoms with Crippen LogP contribution in [0.1, 0.15) is 22.5 Å². The van der Waals surface area contributed by atoms with Gasteiger partial charge in [-0.1, -0.05) is 11.3 Å². The van der Waals surface area contributed by atoms with Crippen LogP contribution in [0.3, 0.4) is 0 Å². The first-order valence-corrected chi connectivity index (χ1v) is 5.60. The number of hydrogen-bond donors (Lipinski definition) is 2. The molecule has 0 aliphatic rings. The fourth-order valence-corrected chi connectivity index (χ4v) is 1.81. The molecule has 0 aliphatic heterocycles. The topological polar surface area (TPSA) is 92.5 Å².